The van der Waals surface area contributed by atoms with Gasteiger partial charge >= 0.3 is 6.09 Å². The zero-order chi connectivity index (χ0) is 21.3. The van der Waals surface area contributed by atoms with Crippen LogP contribution in [0, 0.1) is 11.6 Å². The van der Waals surface area contributed by atoms with E-state index in [1.807, 2.05) is 0 Å². The van der Waals surface area contributed by atoms with E-state index in [-0.39, 0.29) is 49.1 Å². The average molecular weight is 455 g/mol. The lowest BCUT2D eigenvalue weighted by atomic mass is 10.2. The molecule has 0 radical (unpaired) electrons. The Hall–Kier alpha value is -2.15. The Balaban J connectivity index is 1.72. The number of alkyl halides is 2. The van der Waals surface area contributed by atoms with Gasteiger partial charge in [0.15, 0.2) is 21.5 Å². The van der Waals surface area contributed by atoms with E-state index >= 15 is 0 Å². The number of thiocarbonyl (C=S) groups is 1. The summed E-state index contributed by atoms with van der Waals surface area (Å²) in [5.74, 6) is -2.32. The Bertz CT molecular complexity index is 892. The molecule has 2 saturated heterocycles. The molecule has 0 aliphatic carbocycles. The monoisotopic (exact) mass is 455 g/mol. The van der Waals surface area contributed by atoms with Gasteiger partial charge in [0.05, 0.1) is 30.3 Å². The van der Waals surface area contributed by atoms with Gasteiger partial charge in [-0.25, -0.2) is 30.8 Å². The van der Waals surface area contributed by atoms with Crippen LogP contribution in [0.15, 0.2) is 12.1 Å². The Morgan fingerprint density at radius 2 is 1.83 bits per heavy atom. The number of benzene rings is 1. The molecule has 1 N–H and O–H groups in total. The molecule has 1 aromatic carbocycles. The van der Waals surface area contributed by atoms with Crippen molar-refractivity contribution in [2.75, 3.05) is 47.5 Å². The molecule has 160 valence electrons. The molecule has 0 bridgehead atoms. The number of halogens is 4. The van der Waals surface area contributed by atoms with Gasteiger partial charge in [-0.2, -0.15) is 0 Å². The van der Waals surface area contributed by atoms with Gasteiger partial charge in [-0.15, -0.1) is 0 Å². The quantitative estimate of drug-likeness (QED) is 0.535. The van der Waals surface area contributed by atoms with Gasteiger partial charge < -0.3 is 15.0 Å². The number of anilines is 2. The van der Waals surface area contributed by atoms with E-state index in [1.165, 1.54) is 4.90 Å². The van der Waals surface area contributed by atoms with Gasteiger partial charge in [0.2, 0.25) is 0 Å². The number of rotatable bonds is 5. The number of cyclic esters (lactones) is 1. The smallest absolute Gasteiger partial charge is 0.414 e. The maximum absolute atomic E-state index is 14.6. The summed E-state index contributed by atoms with van der Waals surface area (Å²) < 4.78 is 82.0. The fraction of sp³-hybridized carbons (Fsp3) is 0.500. The highest BCUT2D eigenvalue weighted by molar-refractivity contribution is 7.91. The van der Waals surface area contributed by atoms with E-state index < -0.39 is 45.1 Å². The second kappa shape index (κ2) is 8.30. The standard InChI is InChI=1S/C16H17F4N3O4S2/c17-11-5-9(6-12(18)13(11)22-1-3-29(25,26)4-2-22)23-8-10(27-16(23)24)7-21-15(28)14(19)20/h5-6,10,14H,1-4,7-8H2,(H,21,28). The van der Waals surface area contributed by atoms with Gasteiger partial charge in [0, 0.05) is 25.2 Å². The van der Waals surface area contributed by atoms with Crippen LogP contribution >= 0.6 is 12.2 Å². The lowest BCUT2D eigenvalue weighted by Crippen LogP contribution is -2.41. The zero-order valence-corrected chi connectivity index (χ0v) is 16.5. The molecule has 2 aliphatic rings. The summed E-state index contributed by atoms with van der Waals surface area (Å²) in [7, 11) is -3.22. The topological polar surface area (TPSA) is 79.0 Å². The molecular weight excluding hydrogens is 438 g/mol. The lowest BCUT2D eigenvalue weighted by molar-refractivity contribution is 0.142. The molecule has 2 heterocycles. The number of ether oxygens (including phenoxy) is 1. The number of amides is 1. The highest BCUT2D eigenvalue weighted by atomic mass is 32.2. The largest absolute Gasteiger partial charge is 0.442 e. The molecule has 29 heavy (non-hydrogen) atoms. The Morgan fingerprint density at radius 3 is 2.38 bits per heavy atom. The SMILES string of the molecule is O=C1OC(CNC(=S)C(F)F)CN1c1cc(F)c(N2CCS(=O)(=O)CC2)c(F)c1. The van der Waals surface area contributed by atoms with Crippen LogP contribution in [-0.4, -0.2) is 69.7 Å². The highest BCUT2D eigenvalue weighted by Gasteiger charge is 2.34. The third-order valence-electron chi connectivity index (χ3n) is 4.55. The van der Waals surface area contributed by atoms with Crippen LogP contribution in [0.3, 0.4) is 0 Å². The van der Waals surface area contributed by atoms with Crippen molar-refractivity contribution in [3.05, 3.63) is 23.8 Å². The molecule has 0 aromatic heterocycles. The predicted molar refractivity (Wildman–Crippen MR) is 101 cm³/mol. The lowest BCUT2D eigenvalue weighted by Gasteiger charge is -2.29. The average Bonchev–Trinajstić information content (AvgIpc) is 3.01. The van der Waals surface area contributed by atoms with E-state index in [2.05, 4.69) is 17.5 Å². The van der Waals surface area contributed by atoms with Gasteiger partial charge in [-0.1, -0.05) is 12.2 Å². The number of hydrogen-bond acceptors (Lipinski definition) is 6. The Labute approximate surface area is 169 Å². The van der Waals surface area contributed by atoms with E-state index in [4.69, 9.17) is 4.74 Å². The molecule has 3 rings (SSSR count). The zero-order valence-electron chi connectivity index (χ0n) is 14.9. The number of nitrogens with one attached hydrogen (secondary N) is 1. The number of carbonyl (C=O) groups excluding carboxylic acids is 1. The van der Waals surface area contributed by atoms with Crippen LogP contribution in [-0.2, 0) is 14.6 Å². The predicted octanol–water partition coefficient (Wildman–Crippen LogP) is 1.71. The fourth-order valence-corrected chi connectivity index (χ4v) is 4.36. The third-order valence-corrected chi connectivity index (χ3v) is 6.48. The van der Waals surface area contributed by atoms with Crippen molar-refractivity contribution in [1.82, 2.24) is 5.32 Å². The molecule has 0 saturated carbocycles. The van der Waals surface area contributed by atoms with Crippen LogP contribution in [0.2, 0.25) is 0 Å². The maximum Gasteiger partial charge on any atom is 0.414 e. The fourth-order valence-electron chi connectivity index (χ4n) is 3.08. The van der Waals surface area contributed by atoms with E-state index in [0.717, 1.165) is 17.0 Å². The molecule has 0 spiro atoms. The Kier molecular flexibility index (Phi) is 6.17. The summed E-state index contributed by atoms with van der Waals surface area (Å²) in [6.07, 6.45) is -4.56. The summed E-state index contributed by atoms with van der Waals surface area (Å²) in [4.78, 5) is 13.6. The molecule has 13 heteroatoms. The van der Waals surface area contributed by atoms with E-state index in [1.54, 1.807) is 0 Å². The molecule has 1 unspecified atom stereocenters. The summed E-state index contributed by atoms with van der Waals surface area (Å²) in [6, 6.07) is 1.89. The summed E-state index contributed by atoms with van der Waals surface area (Å²) >= 11 is 4.43. The molecule has 1 atom stereocenters. The highest BCUT2D eigenvalue weighted by Crippen LogP contribution is 2.31. The molecular formula is C16H17F4N3O4S2. The second-order valence-electron chi connectivity index (χ2n) is 6.56. The maximum atomic E-state index is 14.6. The van der Waals surface area contributed by atoms with Crippen molar-refractivity contribution in [3.8, 4) is 0 Å². The molecule has 2 aliphatic heterocycles. The van der Waals surface area contributed by atoms with E-state index in [9.17, 15) is 30.8 Å². The van der Waals surface area contributed by atoms with Gasteiger partial charge in [0.25, 0.3) is 6.43 Å². The minimum atomic E-state index is -3.22. The summed E-state index contributed by atoms with van der Waals surface area (Å²) in [6.45, 7) is -0.368. The molecule has 2 fully saturated rings. The minimum Gasteiger partial charge on any atom is -0.442 e. The first-order chi connectivity index (χ1) is 13.6. The van der Waals surface area contributed by atoms with Crippen LogP contribution in [0.4, 0.5) is 33.7 Å². The van der Waals surface area contributed by atoms with Crippen molar-refractivity contribution < 1.29 is 35.5 Å². The van der Waals surface area contributed by atoms with Crippen molar-refractivity contribution in [1.29, 1.82) is 0 Å². The van der Waals surface area contributed by atoms with Crippen molar-refractivity contribution in [3.63, 3.8) is 0 Å². The van der Waals surface area contributed by atoms with Gasteiger partial charge in [0.1, 0.15) is 16.8 Å². The van der Waals surface area contributed by atoms with Crippen LogP contribution < -0.4 is 15.1 Å². The van der Waals surface area contributed by atoms with Crippen LogP contribution in [0.1, 0.15) is 0 Å². The number of hydrogen-bond donors (Lipinski definition) is 1. The molecule has 7 nitrogen and oxygen atoms in total. The van der Waals surface area contributed by atoms with Crippen LogP contribution in [0.25, 0.3) is 0 Å². The van der Waals surface area contributed by atoms with Crippen molar-refractivity contribution in [2.45, 2.75) is 12.5 Å². The van der Waals surface area contributed by atoms with Crippen LogP contribution in [0.5, 0.6) is 0 Å². The molecule has 1 aromatic rings. The second-order valence-corrected chi connectivity index (χ2v) is 9.30. The van der Waals surface area contributed by atoms with Crippen molar-refractivity contribution >= 4 is 44.5 Å². The Morgan fingerprint density at radius 1 is 1.24 bits per heavy atom. The number of sulfone groups is 1. The van der Waals surface area contributed by atoms with Gasteiger partial charge in [-0.05, 0) is 0 Å². The third kappa shape index (κ3) is 4.89. The summed E-state index contributed by atoms with van der Waals surface area (Å²) in [5, 5.41) is 2.27. The molecule has 1 amide bonds. The minimum absolute atomic E-state index is 0.0426. The summed E-state index contributed by atoms with van der Waals surface area (Å²) in [5.41, 5.74) is -0.464. The number of carbonyl (C=O) groups is 1. The van der Waals surface area contributed by atoms with E-state index in [0.29, 0.717) is 0 Å². The number of nitrogens with zero attached hydrogens (tertiary/aromatic N) is 2. The normalized spacial score (nSPS) is 21.4. The first-order valence-electron chi connectivity index (χ1n) is 8.56. The van der Waals surface area contributed by atoms with Gasteiger partial charge in [-0.3, -0.25) is 4.90 Å². The first-order valence-corrected chi connectivity index (χ1v) is 10.8. The first kappa shape index (κ1) is 21.6. The van der Waals surface area contributed by atoms with Crippen molar-refractivity contribution in [2.24, 2.45) is 0 Å².